The van der Waals surface area contributed by atoms with Crippen LogP contribution in [-0.2, 0) is 6.42 Å². The third kappa shape index (κ3) is 3.40. The van der Waals surface area contributed by atoms with Crippen molar-refractivity contribution < 1.29 is 4.52 Å². The molecule has 2 aromatic carbocycles. The van der Waals surface area contributed by atoms with Crippen LogP contribution in [0.5, 0.6) is 0 Å². The molecule has 1 atom stereocenters. The first-order valence-corrected chi connectivity index (χ1v) is 9.20. The van der Waals surface area contributed by atoms with E-state index < -0.39 is 0 Å². The molecule has 0 amide bonds. The smallest absolute Gasteiger partial charge is 0.228 e. The van der Waals surface area contributed by atoms with Crippen LogP contribution < -0.4 is 5.32 Å². The lowest BCUT2D eigenvalue weighted by Crippen LogP contribution is -2.09. The fourth-order valence-electron chi connectivity index (χ4n) is 3.07. The Hall–Kier alpha value is -3.21. The molecule has 27 heavy (non-hydrogen) atoms. The van der Waals surface area contributed by atoms with E-state index >= 15 is 0 Å². The summed E-state index contributed by atoms with van der Waals surface area (Å²) in [6.45, 7) is 6.21. The molecule has 0 radical (unpaired) electrons. The van der Waals surface area contributed by atoms with Crippen molar-refractivity contribution in [3.63, 3.8) is 0 Å². The van der Waals surface area contributed by atoms with Gasteiger partial charge in [0.2, 0.25) is 5.58 Å². The molecule has 0 bridgehead atoms. The van der Waals surface area contributed by atoms with Gasteiger partial charge in [0, 0.05) is 12.0 Å². The molecule has 0 aliphatic heterocycles. The van der Waals surface area contributed by atoms with E-state index in [-0.39, 0.29) is 6.04 Å². The lowest BCUT2D eigenvalue weighted by molar-refractivity contribution is 0.459. The van der Waals surface area contributed by atoms with Crippen molar-refractivity contribution in [3.05, 3.63) is 71.5 Å². The molecule has 0 aliphatic carbocycles. The maximum Gasteiger partial charge on any atom is 0.228 e. The fraction of sp³-hybridized carbons (Fsp3) is 0.227. The molecule has 2 aromatic heterocycles. The van der Waals surface area contributed by atoms with Crippen LogP contribution in [0.4, 0.5) is 5.82 Å². The largest absolute Gasteiger partial charge is 0.360 e. The number of fused-ring (bicyclic) bond motifs is 1. The first-order valence-electron chi connectivity index (χ1n) is 9.20. The van der Waals surface area contributed by atoms with Crippen LogP contribution in [0.25, 0.3) is 22.4 Å². The molecule has 2 heterocycles. The predicted octanol–water partition coefficient (Wildman–Crippen LogP) is 5.33. The molecular formula is C22H22N4O. The van der Waals surface area contributed by atoms with E-state index in [1.807, 2.05) is 37.3 Å². The Morgan fingerprint density at radius 3 is 2.44 bits per heavy atom. The van der Waals surface area contributed by atoms with Crippen LogP contribution in [0.3, 0.4) is 0 Å². The minimum atomic E-state index is 0.0851. The van der Waals surface area contributed by atoms with Crippen molar-refractivity contribution >= 4 is 16.9 Å². The number of aromatic nitrogens is 3. The number of benzene rings is 2. The van der Waals surface area contributed by atoms with Gasteiger partial charge in [-0.15, -0.1) is 0 Å². The van der Waals surface area contributed by atoms with E-state index in [1.54, 1.807) is 0 Å². The Kier molecular flexibility index (Phi) is 4.59. The van der Waals surface area contributed by atoms with Gasteiger partial charge in [-0.2, -0.15) is 0 Å². The maximum atomic E-state index is 5.66. The average Bonchev–Trinajstić information content (AvgIpc) is 3.13. The van der Waals surface area contributed by atoms with Crippen LogP contribution >= 0.6 is 0 Å². The van der Waals surface area contributed by atoms with Gasteiger partial charge < -0.3 is 9.84 Å². The van der Waals surface area contributed by atoms with Crippen LogP contribution in [0.15, 0.2) is 59.1 Å². The normalized spacial score (nSPS) is 12.3. The summed E-state index contributed by atoms with van der Waals surface area (Å²) in [5, 5.41) is 7.76. The van der Waals surface area contributed by atoms with E-state index in [0.29, 0.717) is 11.4 Å². The topological polar surface area (TPSA) is 63.8 Å². The molecule has 4 aromatic rings. The van der Waals surface area contributed by atoms with Crippen molar-refractivity contribution in [2.45, 2.75) is 33.2 Å². The van der Waals surface area contributed by atoms with Gasteiger partial charge in [-0.1, -0.05) is 72.2 Å². The first kappa shape index (κ1) is 17.2. The summed E-state index contributed by atoms with van der Waals surface area (Å²) >= 11 is 0. The second-order valence-electron chi connectivity index (χ2n) is 6.69. The predicted molar refractivity (Wildman–Crippen MR) is 108 cm³/mol. The number of aryl methyl sites for hydroxylation is 2. The Morgan fingerprint density at radius 2 is 1.74 bits per heavy atom. The summed E-state index contributed by atoms with van der Waals surface area (Å²) in [6, 6.07) is 18.6. The number of anilines is 1. The summed E-state index contributed by atoms with van der Waals surface area (Å²) < 4.78 is 5.66. The van der Waals surface area contributed by atoms with Crippen molar-refractivity contribution in [2.24, 2.45) is 0 Å². The van der Waals surface area contributed by atoms with Crippen LogP contribution in [0, 0.1) is 6.92 Å². The van der Waals surface area contributed by atoms with E-state index in [0.717, 1.165) is 29.0 Å². The number of nitrogens with one attached hydrogen (secondary N) is 1. The summed E-state index contributed by atoms with van der Waals surface area (Å²) in [5.74, 6) is 1.45. The molecule has 136 valence electrons. The SMILES string of the molecule is CCc1nc(NC(C)c2ccccc2)c2onc(-c3ccc(C)cc3)c2n1. The van der Waals surface area contributed by atoms with E-state index in [1.165, 1.54) is 11.1 Å². The van der Waals surface area contributed by atoms with E-state index in [2.05, 4.69) is 58.6 Å². The number of hydrogen-bond acceptors (Lipinski definition) is 5. The molecule has 0 aliphatic rings. The lowest BCUT2D eigenvalue weighted by atomic mass is 10.1. The van der Waals surface area contributed by atoms with Gasteiger partial charge in [0.1, 0.15) is 17.0 Å². The standard InChI is InChI=1S/C22H22N4O/c1-4-18-24-20-19(17-12-10-14(2)11-13-17)26-27-21(20)22(25-18)23-15(3)16-8-6-5-7-9-16/h5-13,15H,4H2,1-3H3,(H,23,24,25). The van der Waals surface area contributed by atoms with Gasteiger partial charge in [0.15, 0.2) is 5.82 Å². The number of nitrogens with zero attached hydrogens (tertiary/aromatic N) is 3. The highest BCUT2D eigenvalue weighted by Gasteiger charge is 2.19. The molecule has 5 heteroatoms. The van der Waals surface area contributed by atoms with Crippen molar-refractivity contribution in [1.29, 1.82) is 0 Å². The Bertz CT molecular complexity index is 1060. The Labute approximate surface area is 158 Å². The van der Waals surface area contributed by atoms with Gasteiger partial charge in [-0.05, 0) is 19.4 Å². The Morgan fingerprint density at radius 1 is 1.00 bits per heavy atom. The van der Waals surface area contributed by atoms with E-state index in [9.17, 15) is 0 Å². The van der Waals surface area contributed by atoms with Gasteiger partial charge in [-0.25, -0.2) is 9.97 Å². The molecule has 1 N–H and O–H groups in total. The lowest BCUT2D eigenvalue weighted by Gasteiger charge is -2.15. The third-order valence-electron chi connectivity index (χ3n) is 4.66. The summed E-state index contributed by atoms with van der Waals surface area (Å²) in [6.07, 6.45) is 0.739. The molecule has 4 rings (SSSR count). The Balaban J connectivity index is 1.78. The molecule has 1 unspecified atom stereocenters. The van der Waals surface area contributed by atoms with Gasteiger partial charge in [0.25, 0.3) is 0 Å². The highest BCUT2D eigenvalue weighted by Crippen LogP contribution is 2.32. The minimum Gasteiger partial charge on any atom is -0.360 e. The highest BCUT2D eigenvalue weighted by molar-refractivity contribution is 5.93. The van der Waals surface area contributed by atoms with E-state index in [4.69, 9.17) is 4.52 Å². The van der Waals surface area contributed by atoms with Crippen molar-refractivity contribution in [2.75, 3.05) is 5.32 Å². The highest BCUT2D eigenvalue weighted by atomic mass is 16.5. The second-order valence-corrected chi connectivity index (χ2v) is 6.69. The van der Waals surface area contributed by atoms with Crippen LogP contribution in [0.2, 0.25) is 0 Å². The van der Waals surface area contributed by atoms with Gasteiger partial charge >= 0.3 is 0 Å². The zero-order chi connectivity index (χ0) is 18.8. The number of hydrogen-bond donors (Lipinski definition) is 1. The zero-order valence-electron chi connectivity index (χ0n) is 15.7. The summed E-state index contributed by atoms with van der Waals surface area (Å²) in [4.78, 5) is 9.34. The monoisotopic (exact) mass is 358 g/mol. The van der Waals surface area contributed by atoms with Gasteiger partial charge in [0.05, 0.1) is 6.04 Å². The minimum absolute atomic E-state index is 0.0851. The molecule has 0 saturated heterocycles. The van der Waals surface area contributed by atoms with Crippen molar-refractivity contribution in [3.8, 4) is 11.3 Å². The summed E-state index contributed by atoms with van der Waals surface area (Å²) in [5.41, 5.74) is 5.45. The molecular weight excluding hydrogens is 336 g/mol. The average molecular weight is 358 g/mol. The summed E-state index contributed by atoms with van der Waals surface area (Å²) in [7, 11) is 0. The van der Waals surface area contributed by atoms with Gasteiger partial charge in [-0.3, -0.25) is 0 Å². The number of rotatable bonds is 5. The molecule has 5 nitrogen and oxygen atoms in total. The quantitative estimate of drug-likeness (QED) is 0.522. The zero-order valence-corrected chi connectivity index (χ0v) is 15.7. The first-order chi connectivity index (χ1) is 13.2. The second kappa shape index (κ2) is 7.19. The molecule has 0 fully saturated rings. The molecule has 0 saturated carbocycles. The van der Waals surface area contributed by atoms with Crippen LogP contribution in [0.1, 0.15) is 36.8 Å². The van der Waals surface area contributed by atoms with Crippen molar-refractivity contribution in [1.82, 2.24) is 15.1 Å². The fourth-order valence-corrected chi connectivity index (χ4v) is 3.07. The molecule has 0 spiro atoms. The maximum absolute atomic E-state index is 5.66. The third-order valence-corrected chi connectivity index (χ3v) is 4.66. The van der Waals surface area contributed by atoms with Crippen LogP contribution in [-0.4, -0.2) is 15.1 Å².